The van der Waals surface area contributed by atoms with E-state index in [0.717, 1.165) is 6.20 Å². The van der Waals surface area contributed by atoms with Crippen LogP contribution in [0.1, 0.15) is 10.4 Å². The Hall–Kier alpha value is -2.63. The molecule has 98 valence electrons. The molecule has 0 saturated heterocycles. The fourth-order valence-corrected chi connectivity index (χ4v) is 1.62. The highest BCUT2D eigenvalue weighted by atomic mass is 19.1. The summed E-state index contributed by atoms with van der Waals surface area (Å²) in [5.41, 5.74) is 6.20. The molecule has 1 amide bonds. The van der Waals surface area contributed by atoms with Gasteiger partial charge in [-0.3, -0.25) is 9.78 Å². The van der Waals surface area contributed by atoms with E-state index < -0.39 is 11.7 Å². The van der Waals surface area contributed by atoms with Crippen LogP contribution in [0.15, 0.2) is 36.7 Å². The van der Waals surface area contributed by atoms with Gasteiger partial charge in [0.25, 0.3) is 5.91 Å². The van der Waals surface area contributed by atoms with Gasteiger partial charge in [0.05, 0.1) is 19.0 Å². The number of halogens is 1. The Balaban J connectivity index is 2.33. The summed E-state index contributed by atoms with van der Waals surface area (Å²) < 4.78 is 18.5. The Labute approximate surface area is 109 Å². The molecule has 0 fully saturated rings. The first-order chi connectivity index (χ1) is 9.13. The summed E-state index contributed by atoms with van der Waals surface area (Å²) >= 11 is 0. The van der Waals surface area contributed by atoms with Gasteiger partial charge in [-0.15, -0.1) is 0 Å². The molecule has 2 rings (SSSR count). The van der Waals surface area contributed by atoms with Crippen molar-refractivity contribution in [1.82, 2.24) is 4.98 Å². The van der Waals surface area contributed by atoms with E-state index in [1.807, 2.05) is 0 Å². The maximum absolute atomic E-state index is 13.4. The number of nitrogens with zero attached hydrogens (tertiary/aromatic N) is 1. The van der Waals surface area contributed by atoms with Crippen molar-refractivity contribution in [2.75, 3.05) is 18.2 Å². The van der Waals surface area contributed by atoms with Crippen molar-refractivity contribution in [3.05, 3.63) is 48.0 Å². The third-order valence-electron chi connectivity index (χ3n) is 2.53. The van der Waals surface area contributed by atoms with Gasteiger partial charge in [0.15, 0.2) is 5.82 Å². The monoisotopic (exact) mass is 261 g/mol. The van der Waals surface area contributed by atoms with Crippen molar-refractivity contribution in [2.45, 2.75) is 0 Å². The number of hydrogen-bond donors (Lipinski definition) is 2. The number of carbonyl (C=O) groups excluding carboxylic acids is 1. The second-order valence-corrected chi connectivity index (χ2v) is 3.73. The van der Waals surface area contributed by atoms with E-state index >= 15 is 0 Å². The van der Waals surface area contributed by atoms with Gasteiger partial charge in [0.1, 0.15) is 11.3 Å². The molecule has 19 heavy (non-hydrogen) atoms. The van der Waals surface area contributed by atoms with Crippen LogP contribution in [0.4, 0.5) is 15.8 Å². The molecular formula is C13H12FN3O2. The number of nitrogen functional groups attached to an aromatic ring is 1. The standard InChI is InChI=1S/C13H12FN3O2/c1-19-11-4-2-3-9(15)12(11)13(18)17-10-5-6-16-7-8(10)14/h2-7H,15H2,1H3,(H,16,17,18). The molecule has 0 radical (unpaired) electrons. The van der Waals surface area contributed by atoms with Crippen molar-refractivity contribution in [3.8, 4) is 5.75 Å². The molecule has 0 atom stereocenters. The number of aromatic nitrogens is 1. The first-order valence-corrected chi connectivity index (χ1v) is 5.47. The molecule has 2 aromatic rings. The van der Waals surface area contributed by atoms with Crippen LogP contribution < -0.4 is 15.8 Å². The number of carbonyl (C=O) groups is 1. The third kappa shape index (κ3) is 2.62. The number of pyridine rings is 1. The largest absolute Gasteiger partial charge is 0.496 e. The molecule has 0 aliphatic carbocycles. The predicted octanol–water partition coefficient (Wildman–Crippen LogP) is 2.06. The van der Waals surface area contributed by atoms with Crippen LogP contribution in [0.25, 0.3) is 0 Å². The molecular weight excluding hydrogens is 249 g/mol. The summed E-state index contributed by atoms with van der Waals surface area (Å²) in [5.74, 6) is -0.837. The van der Waals surface area contributed by atoms with Gasteiger partial charge < -0.3 is 15.8 Å². The Morgan fingerprint density at radius 1 is 1.42 bits per heavy atom. The number of nitrogens with two attached hydrogens (primary N) is 1. The lowest BCUT2D eigenvalue weighted by atomic mass is 10.1. The molecule has 0 bridgehead atoms. The molecule has 1 heterocycles. The first-order valence-electron chi connectivity index (χ1n) is 5.47. The number of rotatable bonds is 3. The molecule has 0 spiro atoms. The van der Waals surface area contributed by atoms with E-state index in [-0.39, 0.29) is 16.9 Å². The Kier molecular flexibility index (Phi) is 3.61. The molecule has 6 heteroatoms. The SMILES string of the molecule is COc1cccc(N)c1C(=O)Nc1ccncc1F. The zero-order valence-electron chi connectivity index (χ0n) is 10.2. The molecule has 5 nitrogen and oxygen atoms in total. The molecule has 1 aromatic carbocycles. The third-order valence-corrected chi connectivity index (χ3v) is 2.53. The smallest absolute Gasteiger partial charge is 0.261 e. The van der Waals surface area contributed by atoms with Gasteiger partial charge >= 0.3 is 0 Å². The topological polar surface area (TPSA) is 77.2 Å². The highest BCUT2D eigenvalue weighted by Crippen LogP contribution is 2.25. The van der Waals surface area contributed by atoms with Crippen LogP contribution in [0.5, 0.6) is 5.75 Å². The molecule has 3 N–H and O–H groups in total. The molecule has 0 saturated carbocycles. The minimum Gasteiger partial charge on any atom is -0.496 e. The summed E-state index contributed by atoms with van der Waals surface area (Å²) in [5, 5.41) is 2.43. The zero-order chi connectivity index (χ0) is 13.8. The first kappa shape index (κ1) is 12.8. The molecule has 1 aromatic heterocycles. The number of methoxy groups -OCH3 is 1. The Morgan fingerprint density at radius 2 is 2.21 bits per heavy atom. The van der Waals surface area contributed by atoms with Gasteiger partial charge in [-0.2, -0.15) is 0 Å². The lowest BCUT2D eigenvalue weighted by Gasteiger charge is -2.11. The average molecular weight is 261 g/mol. The van der Waals surface area contributed by atoms with E-state index in [1.54, 1.807) is 18.2 Å². The van der Waals surface area contributed by atoms with Crippen molar-refractivity contribution in [2.24, 2.45) is 0 Å². The maximum Gasteiger partial charge on any atom is 0.261 e. The van der Waals surface area contributed by atoms with Crippen LogP contribution in [0.2, 0.25) is 0 Å². The van der Waals surface area contributed by atoms with Crippen LogP contribution in [-0.2, 0) is 0 Å². The van der Waals surface area contributed by atoms with Crippen LogP contribution in [-0.4, -0.2) is 18.0 Å². The van der Waals surface area contributed by atoms with E-state index in [0.29, 0.717) is 5.75 Å². The van der Waals surface area contributed by atoms with Gasteiger partial charge in [0, 0.05) is 11.9 Å². The van der Waals surface area contributed by atoms with Gasteiger partial charge in [-0.25, -0.2) is 4.39 Å². The van der Waals surface area contributed by atoms with Crippen molar-refractivity contribution in [1.29, 1.82) is 0 Å². The summed E-state index contributed by atoms with van der Waals surface area (Å²) in [6, 6.07) is 6.20. The number of hydrogen-bond acceptors (Lipinski definition) is 4. The number of anilines is 2. The lowest BCUT2D eigenvalue weighted by molar-refractivity contribution is 0.102. The quantitative estimate of drug-likeness (QED) is 0.829. The van der Waals surface area contributed by atoms with E-state index in [9.17, 15) is 9.18 Å². The highest BCUT2D eigenvalue weighted by molar-refractivity contribution is 6.09. The Bertz CT molecular complexity index is 617. The zero-order valence-corrected chi connectivity index (χ0v) is 10.2. The number of benzene rings is 1. The van der Waals surface area contributed by atoms with Crippen LogP contribution in [0, 0.1) is 5.82 Å². The van der Waals surface area contributed by atoms with Crippen LogP contribution >= 0.6 is 0 Å². The van der Waals surface area contributed by atoms with Gasteiger partial charge in [0.2, 0.25) is 0 Å². The lowest BCUT2D eigenvalue weighted by Crippen LogP contribution is -2.16. The van der Waals surface area contributed by atoms with Crippen molar-refractivity contribution >= 4 is 17.3 Å². The predicted molar refractivity (Wildman–Crippen MR) is 69.6 cm³/mol. The molecule has 0 unspecified atom stereocenters. The average Bonchev–Trinajstić information content (AvgIpc) is 2.40. The summed E-state index contributed by atoms with van der Waals surface area (Å²) in [7, 11) is 1.43. The van der Waals surface area contributed by atoms with Crippen LogP contribution in [0.3, 0.4) is 0 Å². The second kappa shape index (κ2) is 5.34. The normalized spacial score (nSPS) is 10.0. The van der Waals surface area contributed by atoms with Crippen molar-refractivity contribution < 1.29 is 13.9 Å². The summed E-state index contributed by atoms with van der Waals surface area (Å²) in [6.45, 7) is 0. The summed E-state index contributed by atoms with van der Waals surface area (Å²) in [6.07, 6.45) is 2.39. The minimum absolute atomic E-state index is 0.0327. The van der Waals surface area contributed by atoms with Gasteiger partial charge in [-0.1, -0.05) is 6.07 Å². The maximum atomic E-state index is 13.4. The number of ether oxygens (including phenoxy) is 1. The fraction of sp³-hybridized carbons (Fsp3) is 0.0769. The minimum atomic E-state index is -0.621. The molecule has 0 aliphatic heterocycles. The number of amides is 1. The Morgan fingerprint density at radius 3 is 2.89 bits per heavy atom. The van der Waals surface area contributed by atoms with Crippen molar-refractivity contribution in [3.63, 3.8) is 0 Å². The van der Waals surface area contributed by atoms with Gasteiger partial charge in [-0.05, 0) is 18.2 Å². The van der Waals surface area contributed by atoms with E-state index in [2.05, 4.69) is 10.3 Å². The highest BCUT2D eigenvalue weighted by Gasteiger charge is 2.17. The fourth-order valence-electron chi connectivity index (χ4n) is 1.62. The molecule has 0 aliphatic rings. The summed E-state index contributed by atoms with van der Waals surface area (Å²) in [4.78, 5) is 15.7. The van der Waals surface area contributed by atoms with E-state index in [1.165, 1.54) is 19.4 Å². The second-order valence-electron chi connectivity index (χ2n) is 3.73. The number of nitrogens with one attached hydrogen (secondary N) is 1. The van der Waals surface area contributed by atoms with E-state index in [4.69, 9.17) is 10.5 Å².